The Morgan fingerprint density at radius 3 is 1.64 bits per heavy atom. The second-order valence-electron chi connectivity index (χ2n) is 8.31. The zero-order valence-corrected chi connectivity index (χ0v) is 18.3. The van der Waals surface area contributed by atoms with Gasteiger partial charge in [0, 0.05) is 0 Å². The van der Waals surface area contributed by atoms with Crippen molar-refractivity contribution in [2.75, 3.05) is 12.6 Å². The van der Waals surface area contributed by atoms with Crippen LogP contribution in [0.15, 0.2) is 30.3 Å². The number of amides is 2. The molecule has 0 saturated heterocycles. The van der Waals surface area contributed by atoms with Gasteiger partial charge in [0.05, 0.1) is 17.8 Å². The molecule has 0 spiro atoms. The molecule has 0 aromatic heterocycles. The first-order chi connectivity index (χ1) is 12.9. The smallest absolute Gasteiger partial charge is 0.246 e. The molecule has 0 heterocycles. The molecule has 0 bridgehead atoms. The summed E-state index contributed by atoms with van der Waals surface area (Å²) in [5.41, 5.74) is -0.527. The van der Waals surface area contributed by atoms with Gasteiger partial charge in [-0.1, -0.05) is 30.3 Å². The Labute approximate surface area is 167 Å². The Bertz CT molecular complexity index is 635. The topological polar surface area (TPSA) is 85.4 Å². The molecule has 0 aliphatic rings. The highest BCUT2D eigenvalue weighted by atomic mass is 31.2. The average Bonchev–Trinajstić information content (AvgIpc) is 2.57. The first kappa shape index (κ1) is 24.3. The van der Waals surface area contributed by atoms with Gasteiger partial charge in [-0.2, -0.15) is 0 Å². The zero-order chi connectivity index (χ0) is 21.4. The Balaban J connectivity index is 3.00. The summed E-state index contributed by atoms with van der Waals surface area (Å²) >= 11 is 0. The lowest BCUT2D eigenvalue weighted by molar-refractivity contribution is -0.214. The van der Waals surface area contributed by atoms with E-state index in [-0.39, 0.29) is 19.2 Å². The second-order valence-corrected chi connectivity index (χ2v) is 10.8. The molecule has 0 unspecified atom stereocenters. The Hall–Kier alpha value is -1.73. The van der Waals surface area contributed by atoms with Crippen LogP contribution in [0.1, 0.15) is 47.1 Å². The fourth-order valence-corrected chi connectivity index (χ4v) is 3.92. The van der Waals surface area contributed by atoms with E-state index < -0.39 is 18.6 Å². The quantitative estimate of drug-likeness (QED) is 0.311. The number of nitrogens with zero attached hydrogens (tertiary/aromatic N) is 2. The number of rotatable bonds is 11. The summed E-state index contributed by atoms with van der Waals surface area (Å²) in [6.45, 7) is 10.6. The first-order valence-electron chi connectivity index (χ1n) is 8.94. The van der Waals surface area contributed by atoms with Crippen molar-refractivity contribution in [2.24, 2.45) is 0 Å². The number of carbonyl (C=O) groups is 2. The largest absolute Gasteiger partial charge is 0.321 e. The first-order valence-corrected chi connectivity index (χ1v) is 10.9. The van der Waals surface area contributed by atoms with Crippen molar-refractivity contribution in [2.45, 2.75) is 59.4 Å². The third kappa shape index (κ3) is 9.99. The maximum absolute atomic E-state index is 13.5. The third-order valence-electron chi connectivity index (χ3n) is 3.04. The molecule has 158 valence electrons. The van der Waals surface area contributed by atoms with Gasteiger partial charge in [-0.05, 0) is 47.1 Å². The standard InChI is InChI=1S/C19H31N2O6P/c1-18(2,3)26-20(13-22)15-28(24,16-21(14-23)27-19(4,5)6)25-12-17-10-8-7-9-11-17/h7-11,13-14H,12,15-16H2,1-6H3. The van der Waals surface area contributed by atoms with E-state index in [9.17, 15) is 14.2 Å². The number of hydroxylamine groups is 4. The van der Waals surface area contributed by atoms with E-state index in [1.807, 2.05) is 30.3 Å². The second kappa shape index (κ2) is 10.2. The van der Waals surface area contributed by atoms with E-state index in [0.717, 1.165) is 15.7 Å². The van der Waals surface area contributed by atoms with Gasteiger partial charge in [0.1, 0.15) is 12.6 Å². The molecular weight excluding hydrogens is 383 g/mol. The van der Waals surface area contributed by atoms with Gasteiger partial charge in [-0.15, -0.1) is 0 Å². The molecule has 0 aliphatic heterocycles. The number of benzene rings is 1. The van der Waals surface area contributed by atoms with Crippen LogP contribution < -0.4 is 0 Å². The van der Waals surface area contributed by atoms with Gasteiger partial charge < -0.3 is 4.52 Å². The summed E-state index contributed by atoms with van der Waals surface area (Å²) in [6.07, 6.45) is 0.246. The maximum Gasteiger partial charge on any atom is 0.246 e. The van der Waals surface area contributed by atoms with E-state index in [4.69, 9.17) is 14.2 Å². The highest BCUT2D eigenvalue weighted by molar-refractivity contribution is 7.58. The Morgan fingerprint density at radius 2 is 1.29 bits per heavy atom. The normalized spacial score (nSPS) is 12.5. The van der Waals surface area contributed by atoms with Crippen LogP contribution in [0, 0.1) is 0 Å². The van der Waals surface area contributed by atoms with Crippen molar-refractivity contribution in [1.82, 2.24) is 10.1 Å². The molecule has 0 aliphatic carbocycles. The van der Waals surface area contributed by atoms with Crippen LogP contribution in [0.5, 0.6) is 0 Å². The maximum atomic E-state index is 13.5. The van der Waals surface area contributed by atoms with E-state index in [1.165, 1.54) is 0 Å². The van der Waals surface area contributed by atoms with Crippen LogP contribution in [0.4, 0.5) is 0 Å². The molecule has 8 nitrogen and oxygen atoms in total. The van der Waals surface area contributed by atoms with Crippen molar-refractivity contribution in [3.63, 3.8) is 0 Å². The molecule has 1 aromatic rings. The molecule has 2 amide bonds. The third-order valence-corrected chi connectivity index (χ3v) is 5.06. The molecule has 0 radical (unpaired) electrons. The fraction of sp³-hybridized carbons (Fsp3) is 0.579. The van der Waals surface area contributed by atoms with Gasteiger partial charge in [0.15, 0.2) is 0 Å². The van der Waals surface area contributed by atoms with Gasteiger partial charge >= 0.3 is 0 Å². The minimum absolute atomic E-state index is 0.0581. The summed E-state index contributed by atoms with van der Waals surface area (Å²) in [5, 5.41) is 1.87. The van der Waals surface area contributed by atoms with Crippen molar-refractivity contribution >= 4 is 20.2 Å². The summed E-state index contributed by atoms with van der Waals surface area (Å²) < 4.78 is 19.2. The average molecular weight is 414 g/mol. The highest BCUT2D eigenvalue weighted by Gasteiger charge is 2.33. The molecular formula is C19H31N2O6P. The minimum atomic E-state index is -3.56. The van der Waals surface area contributed by atoms with Crippen molar-refractivity contribution in [3.05, 3.63) is 35.9 Å². The van der Waals surface area contributed by atoms with Gasteiger partial charge in [0.2, 0.25) is 20.2 Å². The lowest BCUT2D eigenvalue weighted by Crippen LogP contribution is -2.37. The number of hydrogen-bond donors (Lipinski definition) is 0. The molecule has 1 aromatic carbocycles. The van der Waals surface area contributed by atoms with E-state index in [2.05, 4.69) is 0 Å². The van der Waals surface area contributed by atoms with Crippen LogP contribution in [0.3, 0.4) is 0 Å². The van der Waals surface area contributed by atoms with Crippen LogP contribution in [-0.4, -0.2) is 46.7 Å². The molecule has 28 heavy (non-hydrogen) atoms. The van der Waals surface area contributed by atoms with Gasteiger partial charge in [0.25, 0.3) is 0 Å². The van der Waals surface area contributed by atoms with Crippen LogP contribution in [-0.2, 0) is 35.0 Å². The zero-order valence-electron chi connectivity index (χ0n) is 17.5. The highest BCUT2D eigenvalue weighted by Crippen LogP contribution is 2.49. The summed E-state index contributed by atoms with van der Waals surface area (Å²) in [5.74, 6) is 0. The van der Waals surface area contributed by atoms with Crippen molar-refractivity contribution < 1.29 is 28.4 Å². The molecule has 1 rings (SSSR count). The van der Waals surface area contributed by atoms with Gasteiger partial charge in [-0.25, -0.2) is 10.1 Å². The lowest BCUT2D eigenvalue weighted by Gasteiger charge is -2.32. The monoisotopic (exact) mass is 414 g/mol. The molecule has 0 N–H and O–H groups in total. The van der Waals surface area contributed by atoms with Crippen LogP contribution in [0.2, 0.25) is 0 Å². The SMILES string of the molecule is CC(C)(C)ON(C=O)CP(=O)(CN(C=O)OC(C)(C)C)OCc1ccccc1. The molecule has 0 atom stereocenters. The number of carbonyl (C=O) groups excluding carboxylic acids is 2. The summed E-state index contributed by atoms with van der Waals surface area (Å²) in [4.78, 5) is 33.9. The minimum Gasteiger partial charge on any atom is -0.321 e. The summed E-state index contributed by atoms with van der Waals surface area (Å²) in [7, 11) is -3.56. The summed E-state index contributed by atoms with van der Waals surface area (Å²) in [6, 6.07) is 9.20. The predicted octanol–water partition coefficient (Wildman–Crippen LogP) is 3.77. The number of hydrogen-bond acceptors (Lipinski definition) is 6. The predicted molar refractivity (Wildman–Crippen MR) is 106 cm³/mol. The molecule has 0 saturated carbocycles. The van der Waals surface area contributed by atoms with Crippen LogP contribution in [0.25, 0.3) is 0 Å². The molecule has 0 fully saturated rings. The van der Waals surface area contributed by atoms with Crippen molar-refractivity contribution in [1.29, 1.82) is 0 Å². The Kier molecular flexibility index (Phi) is 8.82. The van der Waals surface area contributed by atoms with Gasteiger partial charge in [-0.3, -0.25) is 23.8 Å². The van der Waals surface area contributed by atoms with Crippen LogP contribution >= 0.6 is 7.37 Å². The fourth-order valence-electron chi connectivity index (χ4n) is 2.19. The van der Waals surface area contributed by atoms with E-state index in [1.54, 1.807) is 41.5 Å². The Morgan fingerprint density at radius 1 is 0.857 bits per heavy atom. The van der Waals surface area contributed by atoms with Crippen molar-refractivity contribution in [3.8, 4) is 0 Å². The lowest BCUT2D eigenvalue weighted by atomic mass is 10.2. The molecule has 9 heteroatoms. The van der Waals surface area contributed by atoms with E-state index >= 15 is 0 Å². The van der Waals surface area contributed by atoms with E-state index in [0.29, 0.717) is 12.8 Å².